The van der Waals surface area contributed by atoms with Crippen molar-refractivity contribution in [3.8, 4) is 0 Å². The molecule has 2 N–H and O–H groups in total. The maximum Gasteiger partial charge on any atom is 0.293 e. The Kier molecular flexibility index (Phi) is 8.33. The molecule has 2 fully saturated rings. The van der Waals surface area contributed by atoms with E-state index >= 15 is 0 Å². The largest absolute Gasteiger partial charge is 0.369 e. The van der Waals surface area contributed by atoms with E-state index in [2.05, 4.69) is 44.7 Å². The minimum absolute atomic E-state index is 0.0695. The van der Waals surface area contributed by atoms with Crippen LogP contribution in [0.3, 0.4) is 0 Å². The molecule has 3 aromatic carbocycles. The monoisotopic (exact) mass is 544 g/mol. The lowest BCUT2D eigenvalue weighted by molar-refractivity contribution is -0.384. The van der Waals surface area contributed by atoms with E-state index in [1.165, 1.54) is 11.6 Å². The number of benzene rings is 3. The van der Waals surface area contributed by atoms with Crippen LogP contribution in [0.15, 0.2) is 72.8 Å². The minimum Gasteiger partial charge on any atom is -0.369 e. The molecule has 10 heteroatoms. The third kappa shape index (κ3) is 6.71. The number of carbonyl (C=O) groups is 1. The third-order valence-electron chi connectivity index (χ3n) is 7.22. The second-order valence-corrected chi connectivity index (χ2v) is 10.3. The van der Waals surface area contributed by atoms with Gasteiger partial charge in [0.2, 0.25) is 0 Å². The summed E-state index contributed by atoms with van der Waals surface area (Å²) >= 11 is 5.33. The summed E-state index contributed by atoms with van der Waals surface area (Å²) in [6.45, 7) is 6.45. The van der Waals surface area contributed by atoms with Crippen LogP contribution in [0.25, 0.3) is 0 Å². The van der Waals surface area contributed by atoms with Gasteiger partial charge in [-0.1, -0.05) is 30.3 Å². The number of rotatable bonds is 7. The number of amides is 1. The van der Waals surface area contributed by atoms with Gasteiger partial charge in [-0.3, -0.25) is 25.1 Å². The lowest BCUT2D eigenvalue weighted by Crippen LogP contribution is -2.45. The van der Waals surface area contributed by atoms with Crippen LogP contribution in [0.4, 0.5) is 22.7 Å². The van der Waals surface area contributed by atoms with Crippen LogP contribution in [0.5, 0.6) is 0 Å². The summed E-state index contributed by atoms with van der Waals surface area (Å²) in [6, 6.07) is 23.1. The van der Waals surface area contributed by atoms with E-state index < -0.39 is 10.8 Å². The van der Waals surface area contributed by atoms with Crippen molar-refractivity contribution in [2.24, 2.45) is 0 Å². The lowest BCUT2D eigenvalue weighted by atomic mass is 10.1. The molecule has 39 heavy (non-hydrogen) atoms. The Bertz CT molecular complexity index is 1320. The third-order valence-corrected chi connectivity index (χ3v) is 7.42. The van der Waals surface area contributed by atoms with Crippen LogP contribution in [0.2, 0.25) is 0 Å². The quantitative estimate of drug-likeness (QED) is 0.252. The predicted octanol–water partition coefficient (Wildman–Crippen LogP) is 4.64. The lowest BCUT2D eigenvalue weighted by Gasteiger charge is -2.36. The molecule has 0 radical (unpaired) electrons. The number of hydrogen-bond acceptors (Lipinski definition) is 7. The summed E-state index contributed by atoms with van der Waals surface area (Å²) in [5.41, 5.74) is 3.90. The Morgan fingerprint density at radius 1 is 0.872 bits per heavy atom. The van der Waals surface area contributed by atoms with Crippen molar-refractivity contribution in [2.45, 2.75) is 19.4 Å². The van der Waals surface area contributed by atoms with E-state index in [4.69, 9.17) is 12.2 Å². The number of nitro benzene ring substituents is 1. The second kappa shape index (κ2) is 12.2. The summed E-state index contributed by atoms with van der Waals surface area (Å²) in [5.74, 6) is -0.492. The normalized spacial score (nSPS) is 15.7. The van der Waals surface area contributed by atoms with Crippen LogP contribution in [-0.2, 0) is 6.54 Å². The molecule has 0 bridgehead atoms. The average molecular weight is 545 g/mol. The molecule has 0 spiro atoms. The summed E-state index contributed by atoms with van der Waals surface area (Å²) in [6.07, 6.45) is 2.01. The SMILES string of the molecule is O=C(NC(=S)Nc1ccc(N2CCN(Cc3ccccc3)CC2)cc1)c1ccc(N2CCCC2)c([N+](=O)[O-])c1. The molecule has 2 aliphatic rings. The first-order valence-corrected chi connectivity index (χ1v) is 13.6. The Morgan fingerprint density at radius 2 is 1.56 bits per heavy atom. The van der Waals surface area contributed by atoms with E-state index in [-0.39, 0.29) is 16.4 Å². The Hall–Kier alpha value is -4.02. The van der Waals surface area contributed by atoms with E-state index in [0.717, 1.165) is 70.0 Å². The van der Waals surface area contributed by atoms with Crippen molar-refractivity contribution in [1.82, 2.24) is 10.2 Å². The first kappa shape index (κ1) is 26.6. The minimum atomic E-state index is -0.492. The number of nitrogens with one attached hydrogen (secondary N) is 2. The molecule has 2 aliphatic heterocycles. The van der Waals surface area contributed by atoms with Crippen molar-refractivity contribution in [3.05, 3.63) is 94.0 Å². The fourth-order valence-electron chi connectivity index (χ4n) is 5.14. The summed E-state index contributed by atoms with van der Waals surface area (Å²) < 4.78 is 0. The van der Waals surface area contributed by atoms with Gasteiger partial charge in [-0.2, -0.15) is 0 Å². The summed E-state index contributed by atoms with van der Waals surface area (Å²) in [5, 5.41) is 17.4. The number of nitro groups is 1. The molecule has 0 atom stereocenters. The van der Waals surface area contributed by atoms with Gasteiger partial charge in [0.25, 0.3) is 11.6 Å². The van der Waals surface area contributed by atoms with Crippen LogP contribution in [0.1, 0.15) is 28.8 Å². The zero-order chi connectivity index (χ0) is 27.2. The molecule has 2 saturated heterocycles. The van der Waals surface area contributed by atoms with Crippen molar-refractivity contribution in [2.75, 3.05) is 54.4 Å². The van der Waals surface area contributed by atoms with Crippen molar-refractivity contribution in [3.63, 3.8) is 0 Å². The number of anilines is 3. The van der Waals surface area contributed by atoms with Gasteiger partial charge in [-0.25, -0.2) is 0 Å². The predicted molar refractivity (Wildman–Crippen MR) is 159 cm³/mol. The standard InChI is InChI=1S/C29H32N6O3S/c36-28(23-8-13-26(27(20-23)35(37)38)34-14-4-5-15-34)31-29(39)30-24-9-11-25(12-10-24)33-18-16-32(17-19-33)21-22-6-2-1-3-7-22/h1-3,6-13,20H,4-5,14-19,21H2,(H2,30,31,36,39). The molecular weight excluding hydrogens is 512 g/mol. The van der Waals surface area contributed by atoms with Crippen LogP contribution in [-0.4, -0.2) is 60.1 Å². The molecule has 3 aromatic rings. The van der Waals surface area contributed by atoms with E-state index in [9.17, 15) is 14.9 Å². The first-order chi connectivity index (χ1) is 19.0. The maximum atomic E-state index is 12.8. The molecule has 0 aromatic heterocycles. The zero-order valence-electron chi connectivity index (χ0n) is 21.7. The van der Waals surface area contributed by atoms with Crippen LogP contribution in [0, 0.1) is 10.1 Å². The average Bonchev–Trinajstić information content (AvgIpc) is 3.49. The molecular formula is C29H32N6O3S. The maximum absolute atomic E-state index is 12.8. The van der Waals surface area contributed by atoms with Crippen LogP contribution >= 0.6 is 12.2 Å². The molecule has 9 nitrogen and oxygen atoms in total. The second-order valence-electron chi connectivity index (χ2n) is 9.86. The Balaban J connectivity index is 1.13. The number of piperazine rings is 1. The molecule has 1 amide bonds. The van der Waals surface area contributed by atoms with Gasteiger partial charge in [0.15, 0.2) is 5.11 Å². The molecule has 0 unspecified atom stereocenters. The van der Waals surface area contributed by atoms with Crippen molar-refractivity contribution < 1.29 is 9.72 Å². The smallest absolute Gasteiger partial charge is 0.293 e. The summed E-state index contributed by atoms with van der Waals surface area (Å²) in [7, 11) is 0. The molecule has 2 heterocycles. The Labute approximate surface area is 233 Å². The van der Waals surface area contributed by atoms with E-state index in [1.807, 2.05) is 35.2 Å². The van der Waals surface area contributed by atoms with Crippen molar-refractivity contribution >= 4 is 46.0 Å². The summed E-state index contributed by atoms with van der Waals surface area (Å²) in [4.78, 5) is 30.8. The van der Waals surface area contributed by atoms with Crippen LogP contribution < -0.4 is 20.4 Å². The zero-order valence-corrected chi connectivity index (χ0v) is 22.5. The van der Waals surface area contributed by atoms with Gasteiger partial charge in [-0.05, 0) is 67.0 Å². The molecule has 5 rings (SSSR count). The van der Waals surface area contributed by atoms with E-state index in [0.29, 0.717) is 5.69 Å². The fraction of sp³-hybridized carbons (Fsp3) is 0.310. The van der Waals surface area contributed by atoms with Gasteiger partial charge >= 0.3 is 0 Å². The van der Waals surface area contributed by atoms with Gasteiger partial charge in [0.1, 0.15) is 5.69 Å². The van der Waals surface area contributed by atoms with Gasteiger partial charge in [-0.15, -0.1) is 0 Å². The number of nitrogens with zero attached hydrogens (tertiary/aromatic N) is 4. The number of thiocarbonyl (C=S) groups is 1. The van der Waals surface area contributed by atoms with Gasteiger partial charge in [0, 0.05) is 68.8 Å². The van der Waals surface area contributed by atoms with Gasteiger partial charge < -0.3 is 15.1 Å². The molecule has 0 saturated carbocycles. The number of hydrogen-bond donors (Lipinski definition) is 2. The van der Waals surface area contributed by atoms with Gasteiger partial charge in [0.05, 0.1) is 4.92 Å². The molecule has 202 valence electrons. The highest BCUT2D eigenvalue weighted by Crippen LogP contribution is 2.31. The highest BCUT2D eigenvalue weighted by Gasteiger charge is 2.24. The van der Waals surface area contributed by atoms with E-state index in [1.54, 1.807) is 12.1 Å². The fourth-order valence-corrected chi connectivity index (χ4v) is 5.35. The first-order valence-electron chi connectivity index (χ1n) is 13.2. The molecule has 0 aliphatic carbocycles. The number of carbonyl (C=O) groups excluding carboxylic acids is 1. The highest BCUT2D eigenvalue weighted by atomic mass is 32.1. The topological polar surface area (TPSA) is 94.0 Å². The highest BCUT2D eigenvalue weighted by molar-refractivity contribution is 7.80. The van der Waals surface area contributed by atoms with Crippen molar-refractivity contribution in [1.29, 1.82) is 0 Å². The Morgan fingerprint density at radius 3 is 2.23 bits per heavy atom.